The lowest BCUT2D eigenvalue weighted by Gasteiger charge is -2.20. The average molecular weight is 426 g/mol. The summed E-state index contributed by atoms with van der Waals surface area (Å²) in [6, 6.07) is 22.2. The highest BCUT2D eigenvalue weighted by molar-refractivity contribution is 7.92. The van der Waals surface area contributed by atoms with Crippen LogP contribution in [0.2, 0.25) is 0 Å². The van der Waals surface area contributed by atoms with E-state index in [1.165, 1.54) is 19.2 Å². The lowest BCUT2D eigenvalue weighted by atomic mass is 10.1. The van der Waals surface area contributed by atoms with Gasteiger partial charge in [-0.2, -0.15) is 0 Å². The molecule has 3 rings (SSSR count). The Labute approximate surface area is 176 Å². The summed E-state index contributed by atoms with van der Waals surface area (Å²) in [6.07, 6.45) is 0.509. The van der Waals surface area contributed by atoms with Crippen LogP contribution in [0, 0.1) is 0 Å². The Morgan fingerprint density at radius 1 is 0.900 bits per heavy atom. The highest BCUT2D eigenvalue weighted by atomic mass is 32.2. The molecule has 0 aromatic heterocycles. The Hall–Kier alpha value is -3.32. The van der Waals surface area contributed by atoms with Crippen molar-refractivity contribution < 1.29 is 22.7 Å². The number of rotatable bonds is 8. The van der Waals surface area contributed by atoms with Crippen LogP contribution >= 0.6 is 0 Å². The Kier molecular flexibility index (Phi) is 6.74. The van der Waals surface area contributed by atoms with E-state index in [9.17, 15) is 13.2 Å². The molecule has 3 aromatic rings. The molecule has 6 nitrogen and oxygen atoms in total. The number of hydrogen-bond donors (Lipinski definition) is 0. The van der Waals surface area contributed by atoms with Crippen LogP contribution in [0.5, 0.6) is 5.75 Å². The molecule has 7 heteroatoms. The highest BCUT2D eigenvalue weighted by Gasteiger charge is 2.27. The summed E-state index contributed by atoms with van der Waals surface area (Å²) in [6.45, 7) is 0.133. The van der Waals surface area contributed by atoms with E-state index in [1.807, 2.05) is 24.3 Å². The average Bonchev–Trinajstić information content (AvgIpc) is 2.79. The van der Waals surface area contributed by atoms with Crippen molar-refractivity contribution in [3.63, 3.8) is 0 Å². The van der Waals surface area contributed by atoms with Crippen molar-refractivity contribution in [2.45, 2.75) is 11.3 Å². The molecule has 0 aliphatic heterocycles. The minimum Gasteiger partial charge on any atom is -0.497 e. The van der Waals surface area contributed by atoms with E-state index >= 15 is 0 Å². The Balaban J connectivity index is 1.74. The third-order valence-corrected chi connectivity index (χ3v) is 6.49. The second kappa shape index (κ2) is 9.45. The number of hydrogen-bond acceptors (Lipinski definition) is 5. The van der Waals surface area contributed by atoms with Gasteiger partial charge in [-0.05, 0) is 42.0 Å². The summed E-state index contributed by atoms with van der Waals surface area (Å²) in [4.78, 5) is 12.5. The van der Waals surface area contributed by atoms with Crippen LogP contribution in [-0.2, 0) is 21.2 Å². The lowest BCUT2D eigenvalue weighted by Crippen LogP contribution is -2.28. The van der Waals surface area contributed by atoms with Gasteiger partial charge in [0.05, 0.1) is 25.0 Å². The molecule has 0 aliphatic carbocycles. The number of nitrogens with zero attached hydrogens (tertiary/aromatic N) is 1. The highest BCUT2D eigenvalue weighted by Crippen LogP contribution is 2.25. The lowest BCUT2D eigenvalue weighted by molar-refractivity contribution is 0.0504. The van der Waals surface area contributed by atoms with Crippen LogP contribution in [-0.4, -0.2) is 35.2 Å². The fourth-order valence-corrected chi connectivity index (χ4v) is 4.29. The summed E-state index contributed by atoms with van der Waals surface area (Å²) in [5.74, 6) is 0.0709. The predicted octanol–water partition coefficient (Wildman–Crippen LogP) is 3.92. The van der Waals surface area contributed by atoms with E-state index in [4.69, 9.17) is 9.47 Å². The van der Waals surface area contributed by atoms with Gasteiger partial charge in [0.2, 0.25) is 0 Å². The van der Waals surface area contributed by atoms with Gasteiger partial charge < -0.3 is 9.47 Å². The number of ether oxygens (including phenoxy) is 2. The molecule has 0 amide bonds. The third-order valence-electron chi connectivity index (χ3n) is 4.65. The topological polar surface area (TPSA) is 72.9 Å². The predicted molar refractivity (Wildman–Crippen MR) is 115 cm³/mol. The van der Waals surface area contributed by atoms with Gasteiger partial charge in [-0.15, -0.1) is 0 Å². The second-order valence-corrected chi connectivity index (χ2v) is 8.48. The van der Waals surface area contributed by atoms with E-state index < -0.39 is 16.0 Å². The quantitative estimate of drug-likeness (QED) is 0.512. The van der Waals surface area contributed by atoms with Gasteiger partial charge in [0.25, 0.3) is 10.0 Å². The SMILES string of the molecule is COc1ccc(CCOC(=O)c2ccccc2S(=O)(=O)N(C)c2ccccc2)cc1. The zero-order valence-electron chi connectivity index (χ0n) is 16.8. The normalized spacial score (nSPS) is 11.0. The smallest absolute Gasteiger partial charge is 0.339 e. The fourth-order valence-electron chi connectivity index (χ4n) is 2.92. The van der Waals surface area contributed by atoms with Crippen molar-refractivity contribution >= 4 is 21.7 Å². The van der Waals surface area contributed by atoms with Crippen molar-refractivity contribution in [3.05, 3.63) is 90.0 Å². The fraction of sp³-hybridized carbons (Fsp3) is 0.174. The van der Waals surface area contributed by atoms with Gasteiger partial charge in [-0.3, -0.25) is 4.31 Å². The van der Waals surface area contributed by atoms with Gasteiger partial charge in [0.15, 0.2) is 0 Å². The molecule has 0 spiro atoms. The maximum atomic E-state index is 13.1. The van der Waals surface area contributed by atoms with Crippen LogP contribution in [0.3, 0.4) is 0 Å². The number of sulfonamides is 1. The number of para-hydroxylation sites is 1. The number of anilines is 1. The number of carbonyl (C=O) groups is 1. The van der Waals surface area contributed by atoms with Crippen molar-refractivity contribution in [2.24, 2.45) is 0 Å². The molecule has 30 heavy (non-hydrogen) atoms. The molecule has 156 valence electrons. The molecule has 0 bridgehead atoms. The Bertz CT molecular complexity index is 1100. The first-order valence-electron chi connectivity index (χ1n) is 9.36. The monoisotopic (exact) mass is 425 g/mol. The van der Waals surface area contributed by atoms with Crippen LogP contribution in [0.1, 0.15) is 15.9 Å². The number of esters is 1. The number of carbonyl (C=O) groups excluding carboxylic acids is 1. The number of methoxy groups -OCH3 is 1. The zero-order valence-corrected chi connectivity index (χ0v) is 17.6. The first-order valence-corrected chi connectivity index (χ1v) is 10.8. The van der Waals surface area contributed by atoms with Crippen molar-refractivity contribution in [2.75, 3.05) is 25.1 Å². The molecule has 0 heterocycles. The van der Waals surface area contributed by atoms with E-state index in [0.29, 0.717) is 12.1 Å². The minimum atomic E-state index is -3.93. The third kappa shape index (κ3) is 4.80. The van der Waals surface area contributed by atoms with E-state index in [1.54, 1.807) is 49.6 Å². The van der Waals surface area contributed by atoms with Gasteiger partial charge in [-0.1, -0.05) is 42.5 Å². The van der Waals surface area contributed by atoms with E-state index in [2.05, 4.69) is 0 Å². The number of benzene rings is 3. The van der Waals surface area contributed by atoms with Crippen LogP contribution in [0.4, 0.5) is 5.69 Å². The molecular weight excluding hydrogens is 402 g/mol. The summed E-state index contributed by atoms with van der Waals surface area (Å²) >= 11 is 0. The standard InChI is InChI=1S/C23H23NO5S/c1-24(19-8-4-3-5-9-19)30(26,27)22-11-7-6-10-21(22)23(25)29-17-16-18-12-14-20(28-2)15-13-18/h3-15H,16-17H2,1-2H3. The summed E-state index contributed by atoms with van der Waals surface area (Å²) < 4.78 is 37.9. The second-order valence-electron chi connectivity index (χ2n) is 6.54. The molecule has 0 saturated carbocycles. The van der Waals surface area contributed by atoms with E-state index in [0.717, 1.165) is 15.6 Å². The first kappa shape index (κ1) is 21.4. The molecule has 0 fully saturated rings. The molecule has 0 radical (unpaired) electrons. The molecule has 0 N–H and O–H groups in total. The van der Waals surface area contributed by atoms with Gasteiger partial charge in [0.1, 0.15) is 10.6 Å². The van der Waals surface area contributed by atoms with Crippen molar-refractivity contribution in [1.29, 1.82) is 0 Å². The first-order chi connectivity index (χ1) is 14.4. The van der Waals surface area contributed by atoms with Crippen molar-refractivity contribution in [1.82, 2.24) is 0 Å². The van der Waals surface area contributed by atoms with Gasteiger partial charge in [0, 0.05) is 13.5 Å². The van der Waals surface area contributed by atoms with Gasteiger partial charge >= 0.3 is 5.97 Å². The van der Waals surface area contributed by atoms with Crippen LogP contribution < -0.4 is 9.04 Å². The Morgan fingerprint density at radius 2 is 1.53 bits per heavy atom. The summed E-state index contributed by atoms with van der Waals surface area (Å²) in [7, 11) is -0.884. The summed E-state index contributed by atoms with van der Waals surface area (Å²) in [5, 5.41) is 0. The maximum Gasteiger partial charge on any atom is 0.339 e. The minimum absolute atomic E-state index is 0.00927. The molecule has 0 aliphatic rings. The van der Waals surface area contributed by atoms with Gasteiger partial charge in [-0.25, -0.2) is 13.2 Å². The largest absolute Gasteiger partial charge is 0.497 e. The van der Waals surface area contributed by atoms with E-state index in [-0.39, 0.29) is 17.1 Å². The maximum absolute atomic E-state index is 13.1. The molecule has 3 aromatic carbocycles. The summed E-state index contributed by atoms with van der Waals surface area (Å²) in [5.41, 5.74) is 1.49. The van der Waals surface area contributed by atoms with Crippen LogP contribution in [0.15, 0.2) is 83.8 Å². The van der Waals surface area contributed by atoms with Crippen molar-refractivity contribution in [3.8, 4) is 5.75 Å². The molecule has 0 unspecified atom stereocenters. The molecule has 0 atom stereocenters. The Morgan fingerprint density at radius 3 is 2.20 bits per heavy atom. The molecular formula is C23H23NO5S. The van der Waals surface area contributed by atoms with Crippen LogP contribution in [0.25, 0.3) is 0 Å². The zero-order chi connectivity index (χ0) is 21.6. The molecule has 0 saturated heterocycles.